The zero-order valence-electron chi connectivity index (χ0n) is 8.29. The summed E-state index contributed by atoms with van der Waals surface area (Å²) < 4.78 is 0. The topological polar surface area (TPSA) is 3.24 Å². The molecule has 0 saturated carbocycles. The molecule has 0 radical (unpaired) electrons. The van der Waals surface area contributed by atoms with Gasteiger partial charge in [0.15, 0.2) is 0 Å². The second-order valence-electron chi connectivity index (χ2n) is 4.07. The van der Waals surface area contributed by atoms with E-state index in [-0.39, 0.29) is 0 Å². The first-order valence-electron chi connectivity index (χ1n) is 5.10. The molecule has 1 aliphatic rings. The standard InChI is InChI=1S/C10H21NS/c1-9(2)10-5-3-6-11(10)7-4-8-12/h9-10,12H,3-8H2,1-2H3. The van der Waals surface area contributed by atoms with Crippen LogP contribution in [0.5, 0.6) is 0 Å². The Labute approximate surface area is 81.9 Å². The summed E-state index contributed by atoms with van der Waals surface area (Å²) in [6, 6.07) is 0.852. The summed E-state index contributed by atoms with van der Waals surface area (Å²) in [6.07, 6.45) is 4.05. The van der Waals surface area contributed by atoms with Crippen LogP contribution in [0.3, 0.4) is 0 Å². The molecule has 1 fully saturated rings. The van der Waals surface area contributed by atoms with Crippen LogP contribution in [-0.2, 0) is 0 Å². The van der Waals surface area contributed by atoms with Gasteiger partial charge in [-0.3, -0.25) is 0 Å². The largest absolute Gasteiger partial charge is 0.300 e. The zero-order chi connectivity index (χ0) is 8.97. The van der Waals surface area contributed by atoms with E-state index in [1.807, 2.05) is 0 Å². The van der Waals surface area contributed by atoms with E-state index in [9.17, 15) is 0 Å². The molecule has 12 heavy (non-hydrogen) atoms. The Morgan fingerprint density at radius 1 is 1.50 bits per heavy atom. The van der Waals surface area contributed by atoms with Crippen molar-refractivity contribution < 1.29 is 0 Å². The highest BCUT2D eigenvalue weighted by Crippen LogP contribution is 2.23. The molecular formula is C10H21NS. The lowest BCUT2D eigenvalue weighted by molar-refractivity contribution is 0.208. The zero-order valence-corrected chi connectivity index (χ0v) is 9.19. The summed E-state index contributed by atoms with van der Waals surface area (Å²) in [5.74, 6) is 1.86. The van der Waals surface area contributed by atoms with Crippen molar-refractivity contribution in [3.8, 4) is 0 Å². The second kappa shape index (κ2) is 5.13. The van der Waals surface area contributed by atoms with Crippen LogP contribution in [0, 0.1) is 5.92 Å². The second-order valence-corrected chi connectivity index (χ2v) is 4.51. The van der Waals surface area contributed by atoms with Crippen LogP contribution < -0.4 is 0 Å². The van der Waals surface area contributed by atoms with Gasteiger partial charge in [0.25, 0.3) is 0 Å². The monoisotopic (exact) mass is 187 g/mol. The molecule has 1 saturated heterocycles. The summed E-state index contributed by atoms with van der Waals surface area (Å²) in [5.41, 5.74) is 0. The molecule has 0 aromatic heterocycles. The maximum atomic E-state index is 4.25. The van der Waals surface area contributed by atoms with E-state index in [1.54, 1.807) is 0 Å². The van der Waals surface area contributed by atoms with E-state index < -0.39 is 0 Å². The summed E-state index contributed by atoms with van der Waals surface area (Å²) in [7, 11) is 0. The highest BCUT2D eigenvalue weighted by atomic mass is 32.1. The minimum absolute atomic E-state index is 0.826. The molecule has 0 bridgehead atoms. The van der Waals surface area contributed by atoms with Crippen molar-refractivity contribution in [2.75, 3.05) is 18.8 Å². The van der Waals surface area contributed by atoms with Crippen LogP contribution in [0.25, 0.3) is 0 Å². The molecule has 0 aliphatic carbocycles. The third kappa shape index (κ3) is 2.67. The molecule has 2 heteroatoms. The highest BCUT2D eigenvalue weighted by molar-refractivity contribution is 7.80. The van der Waals surface area contributed by atoms with Crippen molar-refractivity contribution in [1.29, 1.82) is 0 Å². The third-order valence-electron chi connectivity index (χ3n) is 2.79. The van der Waals surface area contributed by atoms with Gasteiger partial charge in [-0.2, -0.15) is 12.6 Å². The van der Waals surface area contributed by atoms with Gasteiger partial charge in [-0.05, 0) is 44.0 Å². The Hall–Kier alpha value is 0.310. The lowest BCUT2D eigenvalue weighted by Crippen LogP contribution is -2.34. The summed E-state index contributed by atoms with van der Waals surface area (Å²) in [6.45, 7) is 7.25. The number of likely N-dealkylation sites (tertiary alicyclic amines) is 1. The van der Waals surface area contributed by atoms with Gasteiger partial charge in [-0.15, -0.1) is 0 Å². The Bertz CT molecular complexity index is 125. The molecule has 1 heterocycles. The fraction of sp³-hybridized carbons (Fsp3) is 1.00. The lowest BCUT2D eigenvalue weighted by atomic mass is 10.0. The van der Waals surface area contributed by atoms with Crippen molar-refractivity contribution in [1.82, 2.24) is 4.90 Å². The number of nitrogens with zero attached hydrogens (tertiary/aromatic N) is 1. The number of hydrogen-bond acceptors (Lipinski definition) is 2. The highest BCUT2D eigenvalue weighted by Gasteiger charge is 2.25. The van der Waals surface area contributed by atoms with Gasteiger partial charge in [-0.25, -0.2) is 0 Å². The van der Waals surface area contributed by atoms with Crippen LogP contribution >= 0.6 is 12.6 Å². The van der Waals surface area contributed by atoms with Gasteiger partial charge in [0.05, 0.1) is 0 Å². The molecule has 1 unspecified atom stereocenters. The quantitative estimate of drug-likeness (QED) is 0.662. The minimum atomic E-state index is 0.826. The smallest absolute Gasteiger partial charge is 0.0119 e. The van der Waals surface area contributed by atoms with Gasteiger partial charge in [0, 0.05) is 6.04 Å². The summed E-state index contributed by atoms with van der Waals surface area (Å²) in [4.78, 5) is 2.64. The predicted octanol–water partition coefficient (Wildman–Crippen LogP) is 2.43. The fourth-order valence-corrected chi connectivity index (χ4v) is 2.30. The first kappa shape index (κ1) is 10.4. The normalized spacial score (nSPS) is 25.5. The van der Waals surface area contributed by atoms with E-state index in [4.69, 9.17) is 0 Å². The van der Waals surface area contributed by atoms with Gasteiger partial charge in [0.1, 0.15) is 0 Å². The van der Waals surface area contributed by atoms with Crippen molar-refractivity contribution in [2.24, 2.45) is 5.92 Å². The first-order chi connectivity index (χ1) is 5.75. The Kier molecular flexibility index (Phi) is 4.44. The predicted molar refractivity (Wildman–Crippen MR) is 57.9 cm³/mol. The SMILES string of the molecule is CC(C)C1CCCN1CCCS. The average molecular weight is 187 g/mol. The molecule has 1 nitrogen and oxygen atoms in total. The van der Waals surface area contributed by atoms with Crippen molar-refractivity contribution in [3.63, 3.8) is 0 Å². The first-order valence-corrected chi connectivity index (χ1v) is 5.74. The van der Waals surface area contributed by atoms with Crippen LogP contribution in [0.1, 0.15) is 33.1 Å². The molecule has 1 rings (SSSR count). The minimum Gasteiger partial charge on any atom is -0.300 e. The van der Waals surface area contributed by atoms with Crippen molar-refractivity contribution >= 4 is 12.6 Å². The van der Waals surface area contributed by atoms with E-state index >= 15 is 0 Å². The van der Waals surface area contributed by atoms with Crippen LogP contribution in [0.2, 0.25) is 0 Å². The molecule has 0 spiro atoms. The van der Waals surface area contributed by atoms with Crippen LogP contribution in [0.4, 0.5) is 0 Å². The molecule has 1 atom stereocenters. The molecule has 0 N–H and O–H groups in total. The molecule has 0 aromatic rings. The third-order valence-corrected chi connectivity index (χ3v) is 3.10. The van der Waals surface area contributed by atoms with E-state index in [2.05, 4.69) is 31.4 Å². The van der Waals surface area contributed by atoms with Crippen molar-refractivity contribution in [2.45, 2.75) is 39.2 Å². The Morgan fingerprint density at radius 3 is 2.83 bits per heavy atom. The molecule has 0 aromatic carbocycles. The number of thiol groups is 1. The van der Waals surface area contributed by atoms with E-state index in [0.717, 1.165) is 17.7 Å². The van der Waals surface area contributed by atoms with Gasteiger partial charge in [-0.1, -0.05) is 13.8 Å². The van der Waals surface area contributed by atoms with Gasteiger partial charge in [0.2, 0.25) is 0 Å². The van der Waals surface area contributed by atoms with E-state index in [1.165, 1.54) is 32.4 Å². The molecule has 72 valence electrons. The van der Waals surface area contributed by atoms with Crippen LogP contribution in [-0.4, -0.2) is 29.8 Å². The fourth-order valence-electron chi connectivity index (χ4n) is 2.16. The van der Waals surface area contributed by atoms with Gasteiger partial charge < -0.3 is 4.90 Å². The summed E-state index contributed by atoms with van der Waals surface area (Å²) in [5, 5.41) is 0. The molecule has 1 aliphatic heterocycles. The average Bonchev–Trinajstić information content (AvgIpc) is 2.48. The maximum Gasteiger partial charge on any atom is 0.0119 e. The van der Waals surface area contributed by atoms with Crippen LogP contribution in [0.15, 0.2) is 0 Å². The number of rotatable bonds is 4. The molecular weight excluding hydrogens is 166 g/mol. The van der Waals surface area contributed by atoms with E-state index in [0.29, 0.717) is 0 Å². The number of hydrogen-bond donors (Lipinski definition) is 1. The summed E-state index contributed by atoms with van der Waals surface area (Å²) >= 11 is 4.25. The van der Waals surface area contributed by atoms with Crippen molar-refractivity contribution in [3.05, 3.63) is 0 Å². The Morgan fingerprint density at radius 2 is 2.25 bits per heavy atom. The maximum absolute atomic E-state index is 4.25. The molecule has 0 amide bonds. The Balaban J connectivity index is 2.30. The van der Waals surface area contributed by atoms with Gasteiger partial charge >= 0.3 is 0 Å². The lowest BCUT2D eigenvalue weighted by Gasteiger charge is -2.27.